The highest BCUT2D eigenvalue weighted by molar-refractivity contribution is 6.07. The molecule has 3 rings (SSSR count). The molecular formula is C18H16N4O3. The molecule has 0 aliphatic carbocycles. The van der Waals surface area contributed by atoms with Gasteiger partial charge in [-0.15, -0.1) is 0 Å². The minimum atomic E-state index is -0.527. The van der Waals surface area contributed by atoms with E-state index in [-0.39, 0.29) is 23.8 Å². The van der Waals surface area contributed by atoms with E-state index in [9.17, 15) is 9.59 Å². The van der Waals surface area contributed by atoms with Crippen molar-refractivity contribution in [1.29, 1.82) is 0 Å². The molecule has 7 heteroatoms. The number of aromatic nitrogens is 2. The molecule has 0 saturated carbocycles. The van der Waals surface area contributed by atoms with E-state index in [0.29, 0.717) is 22.2 Å². The lowest BCUT2D eigenvalue weighted by Gasteiger charge is -2.10. The molecule has 3 aromatic rings. The molecule has 0 bridgehead atoms. The number of hydrogen-bond donors (Lipinski definition) is 2. The third kappa shape index (κ3) is 3.40. The number of nitrogen functional groups attached to an aromatic ring is 1. The van der Waals surface area contributed by atoms with Gasteiger partial charge in [0.15, 0.2) is 0 Å². The van der Waals surface area contributed by atoms with Crippen LogP contribution in [-0.2, 0) is 4.74 Å². The minimum Gasteiger partial charge on any atom is -0.462 e. The molecule has 0 aliphatic rings. The Balaban J connectivity index is 1.94. The predicted octanol–water partition coefficient (Wildman–Crippen LogP) is 2.64. The number of anilines is 2. The van der Waals surface area contributed by atoms with Crippen molar-refractivity contribution in [2.24, 2.45) is 0 Å². The molecule has 1 aromatic carbocycles. The molecule has 2 aromatic heterocycles. The maximum atomic E-state index is 12.2. The van der Waals surface area contributed by atoms with Crippen molar-refractivity contribution < 1.29 is 14.3 Å². The Kier molecular flexibility index (Phi) is 4.56. The summed E-state index contributed by atoms with van der Waals surface area (Å²) in [6, 6.07) is 8.36. The van der Waals surface area contributed by atoms with Crippen LogP contribution in [0.25, 0.3) is 10.9 Å². The highest BCUT2D eigenvalue weighted by Crippen LogP contribution is 2.26. The van der Waals surface area contributed by atoms with Crippen LogP contribution >= 0.6 is 0 Å². The van der Waals surface area contributed by atoms with Gasteiger partial charge in [-0.2, -0.15) is 0 Å². The van der Waals surface area contributed by atoms with Crippen LogP contribution in [0.3, 0.4) is 0 Å². The molecule has 25 heavy (non-hydrogen) atoms. The van der Waals surface area contributed by atoms with Crippen LogP contribution in [0.15, 0.2) is 48.9 Å². The number of nitrogens with two attached hydrogens (primary N) is 1. The van der Waals surface area contributed by atoms with E-state index in [0.717, 1.165) is 0 Å². The molecule has 1 amide bonds. The number of nitrogens with one attached hydrogen (secondary N) is 1. The second-order valence-corrected chi connectivity index (χ2v) is 5.23. The molecule has 0 fully saturated rings. The highest BCUT2D eigenvalue weighted by atomic mass is 16.5. The lowest BCUT2D eigenvalue weighted by atomic mass is 10.1. The maximum absolute atomic E-state index is 12.2. The largest absolute Gasteiger partial charge is 0.462 e. The Morgan fingerprint density at radius 2 is 1.96 bits per heavy atom. The summed E-state index contributed by atoms with van der Waals surface area (Å²) in [5.41, 5.74) is 8.22. The molecular weight excluding hydrogens is 320 g/mol. The van der Waals surface area contributed by atoms with Crippen molar-refractivity contribution in [3.05, 3.63) is 60.0 Å². The van der Waals surface area contributed by atoms with Gasteiger partial charge in [-0.1, -0.05) is 0 Å². The quantitative estimate of drug-likeness (QED) is 0.709. The van der Waals surface area contributed by atoms with Crippen LogP contribution in [0, 0.1) is 0 Å². The molecule has 0 aliphatic heterocycles. The number of carbonyl (C=O) groups excluding carboxylic acids is 2. The van der Waals surface area contributed by atoms with Gasteiger partial charge in [0.1, 0.15) is 5.56 Å². The van der Waals surface area contributed by atoms with Gasteiger partial charge in [0, 0.05) is 35.2 Å². The van der Waals surface area contributed by atoms with E-state index in [4.69, 9.17) is 10.5 Å². The van der Waals surface area contributed by atoms with Crippen molar-refractivity contribution in [2.45, 2.75) is 6.92 Å². The van der Waals surface area contributed by atoms with E-state index >= 15 is 0 Å². The Hall–Kier alpha value is -3.48. The lowest BCUT2D eigenvalue weighted by molar-refractivity contribution is 0.0527. The van der Waals surface area contributed by atoms with Crippen molar-refractivity contribution in [3.8, 4) is 0 Å². The van der Waals surface area contributed by atoms with Gasteiger partial charge in [0.25, 0.3) is 5.91 Å². The second kappa shape index (κ2) is 6.96. The molecule has 0 unspecified atom stereocenters. The monoisotopic (exact) mass is 336 g/mol. The molecule has 126 valence electrons. The van der Waals surface area contributed by atoms with Crippen molar-refractivity contribution >= 4 is 34.2 Å². The fourth-order valence-corrected chi connectivity index (χ4v) is 2.37. The van der Waals surface area contributed by atoms with Crippen LogP contribution in [0.2, 0.25) is 0 Å². The number of nitrogens with zero attached hydrogens (tertiary/aromatic N) is 2. The first-order valence-corrected chi connectivity index (χ1v) is 7.67. The molecule has 2 heterocycles. The van der Waals surface area contributed by atoms with Crippen molar-refractivity contribution in [1.82, 2.24) is 9.97 Å². The predicted molar refractivity (Wildman–Crippen MR) is 94.3 cm³/mol. The summed E-state index contributed by atoms with van der Waals surface area (Å²) in [5.74, 6) is -0.796. The number of esters is 1. The van der Waals surface area contributed by atoms with Gasteiger partial charge in [-0.05, 0) is 37.3 Å². The lowest BCUT2D eigenvalue weighted by Crippen LogP contribution is -2.12. The normalized spacial score (nSPS) is 10.4. The first kappa shape index (κ1) is 16.4. The Bertz CT molecular complexity index is 942. The molecule has 7 nitrogen and oxygen atoms in total. The molecule has 0 atom stereocenters. The average Bonchev–Trinajstić information content (AvgIpc) is 2.63. The maximum Gasteiger partial charge on any atom is 0.341 e. The van der Waals surface area contributed by atoms with Gasteiger partial charge in [-0.25, -0.2) is 4.79 Å². The van der Waals surface area contributed by atoms with Crippen LogP contribution in [-0.4, -0.2) is 28.5 Å². The summed E-state index contributed by atoms with van der Waals surface area (Å²) in [6.45, 7) is 1.97. The van der Waals surface area contributed by atoms with E-state index in [1.54, 1.807) is 49.6 Å². The van der Waals surface area contributed by atoms with Crippen LogP contribution in [0.5, 0.6) is 0 Å². The zero-order chi connectivity index (χ0) is 17.8. The number of ether oxygens (including phenoxy) is 1. The van der Waals surface area contributed by atoms with Gasteiger partial charge in [0.2, 0.25) is 0 Å². The summed E-state index contributed by atoms with van der Waals surface area (Å²) < 4.78 is 4.98. The summed E-state index contributed by atoms with van der Waals surface area (Å²) >= 11 is 0. The van der Waals surface area contributed by atoms with Crippen molar-refractivity contribution in [3.63, 3.8) is 0 Å². The third-order valence-electron chi connectivity index (χ3n) is 3.61. The summed E-state index contributed by atoms with van der Waals surface area (Å²) in [5, 5.41) is 3.35. The van der Waals surface area contributed by atoms with Gasteiger partial charge >= 0.3 is 5.97 Å². The molecule has 0 spiro atoms. The average molecular weight is 336 g/mol. The third-order valence-corrected chi connectivity index (χ3v) is 3.61. The smallest absolute Gasteiger partial charge is 0.341 e. The molecule has 3 N–H and O–H groups in total. The van der Waals surface area contributed by atoms with Gasteiger partial charge < -0.3 is 15.8 Å². The molecule has 0 radical (unpaired) electrons. The summed E-state index contributed by atoms with van der Waals surface area (Å²) in [6.07, 6.45) is 4.48. The number of rotatable bonds is 4. The Morgan fingerprint density at radius 1 is 1.20 bits per heavy atom. The first-order valence-electron chi connectivity index (χ1n) is 7.67. The Labute approximate surface area is 143 Å². The number of pyridine rings is 2. The summed E-state index contributed by atoms with van der Waals surface area (Å²) in [4.78, 5) is 32.3. The fraction of sp³-hybridized carbons (Fsp3) is 0.111. The Morgan fingerprint density at radius 3 is 2.68 bits per heavy atom. The highest BCUT2D eigenvalue weighted by Gasteiger charge is 2.15. The van der Waals surface area contributed by atoms with Gasteiger partial charge in [0.05, 0.1) is 17.8 Å². The van der Waals surface area contributed by atoms with Gasteiger partial charge in [-0.3, -0.25) is 14.8 Å². The fourth-order valence-electron chi connectivity index (χ4n) is 2.37. The zero-order valence-corrected chi connectivity index (χ0v) is 13.5. The minimum absolute atomic E-state index is 0.201. The van der Waals surface area contributed by atoms with Crippen molar-refractivity contribution in [2.75, 3.05) is 17.7 Å². The van der Waals surface area contributed by atoms with E-state index in [1.807, 2.05) is 0 Å². The molecule has 0 saturated heterocycles. The van der Waals surface area contributed by atoms with Crippen LogP contribution in [0.1, 0.15) is 27.6 Å². The first-order chi connectivity index (χ1) is 12.1. The number of fused-ring (bicyclic) bond motifs is 1. The number of benzene rings is 1. The zero-order valence-electron chi connectivity index (χ0n) is 13.5. The van der Waals surface area contributed by atoms with Crippen LogP contribution in [0.4, 0.5) is 11.4 Å². The standard InChI is InChI=1S/C18H16N4O3/c1-2-25-18(24)14-10-21-15-4-3-12(9-13(15)16(14)19)22-17(23)11-5-7-20-8-6-11/h3-10H,2H2,1H3,(H2,19,21)(H,22,23). The number of hydrogen-bond acceptors (Lipinski definition) is 6. The SMILES string of the molecule is CCOC(=O)c1cnc2ccc(NC(=O)c3ccncc3)cc2c1N. The van der Waals surface area contributed by atoms with E-state index in [1.165, 1.54) is 6.20 Å². The summed E-state index contributed by atoms with van der Waals surface area (Å²) in [7, 11) is 0. The van der Waals surface area contributed by atoms with E-state index in [2.05, 4.69) is 15.3 Å². The second-order valence-electron chi connectivity index (χ2n) is 5.23. The number of carbonyl (C=O) groups is 2. The topological polar surface area (TPSA) is 107 Å². The number of amides is 1. The van der Waals surface area contributed by atoms with Crippen LogP contribution < -0.4 is 11.1 Å². The van der Waals surface area contributed by atoms with E-state index < -0.39 is 5.97 Å².